The Morgan fingerprint density at radius 1 is 1.26 bits per heavy atom. The Hall–Kier alpha value is -2.32. The molecular weight excluding hydrogens is 344 g/mol. The zero-order valence-corrected chi connectivity index (χ0v) is 16.2. The van der Waals surface area contributed by atoms with Crippen LogP contribution >= 0.6 is 0 Å². The van der Waals surface area contributed by atoms with Gasteiger partial charge in [-0.1, -0.05) is 6.07 Å². The van der Waals surface area contributed by atoms with E-state index >= 15 is 0 Å². The number of methoxy groups -OCH3 is 1. The maximum atomic E-state index is 6.07. The van der Waals surface area contributed by atoms with Crippen LogP contribution < -0.4 is 26.3 Å². The molecule has 0 saturated carbocycles. The first kappa shape index (κ1) is 19.4. The lowest BCUT2D eigenvalue weighted by Crippen LogP contribution is -2.44. The summed E-state index contributed by atoms with van der Waals surface area (Å²) in [5.41, 5.74) is 13.8. The Labute approximate surface area is 160 Å². The molecule has 1 saturated heterocycles. The van der Waals surface area contributed by atoms with E-state index < -0.39 is 0 Å². The summed E-state index contributed by atoms with van der Waals surface area (Å²) in [6.07, 6.45) is 0.740. The average molecular weight is 374 g/mol. The summed E-state index contributed by atoms with van der Waals surface area (Å²) < 4.78 is 11.7. The highest BCUT2D eigenvalue weighted by Crippen LogP contribution is 2.33. The molecule has 1 aromatic rings. The zero-order valence-electron chi connectivity index (χ0n) is 16.2. The van der Waals surface area contributed by atoms with Gasteiger partial charge in [0.2, 0.25) is 5.96 Å². The zero-order chi connectivity index (χ0) is 19.2. The first-order valence-corrected chi connectivity index (χ1v) is 9.44. The minimum absolute atomic E-state index is 0.0564. The lowest BCUT2D eigenvalue weighted by atomic mass is 9.96. The molecule has 0 spiro atoms. The minimum atomic E-state index is 0.0564. The molecular formula is C19H30N6O2. The number of piperazine rings is 1. The third-order valence-corrected chi connectivity index (χ3v) is 5.00. The van der Waals surface area contributed by atoms with E-state index in [1.165, 1.54) is 0 Å². The Morgan fingerprint density at radius 2 is 2.04 bits per heavy atom. The smallest absolute Gasteiger partial charge is 0.217 e. The van der Waals surface area contributed by atoms with E-state index in [9.17, 15) is 0 Å². The van der Waals surface area contributed by atoms with Gasteiger partial charge in [0.15, 0.2) is 11.5 Å². The Balaban J connectivity index is 1.63. The quantitative estimate of drug-likeness (QED) is 0.626. The molecule has 5 N–H and O–H groups in total. The second-order valence-corrected chi connectivity index (χ2v) is 7.02. The number of aliphatic imine (C=N–C) groups is 2. The van der Waals surface area contributed by atoms with Crippen molar-refractivity contribution in [3.05, 3.63) is 23.3 Å². The number of hydrogen-bond acceptors (Lipinski definition) is 8. The first-order chi connectivity index (χ1) is 13.1. The van der Waals surface area contributed by atoms with Crippen LogP contribution in [-0.4, -0.2) is 69.7 Å². The van der Waals surface area contributed by atoms with Crippen molar-refractivity contribution in [1.82, 2.24) is 10.2 Å². The van der Waals surface area contributed by atoms with Gasteiger partial charge in [-0.3, -0.25) is 9.89 Å². The number of ether oxygens (including phenoxy) is 2. The van der Waals surface area contributed by atoms with Crippen LogP contribution in [0.4, 0.5) is 0 Å². The Morgan fingerprint density at radius 3 is 2.74 bits per heavy atom. The molecule has 8 nitrogen and oxygen atoms in total. The van der Waals surface area contributed by atoms with Crippen LogP contribution in [0.15, 0.2) is 22.1 Å². The van der Waals surface area contributed by atoms with Crippen molar-refractivity contribution in [2.75, 3.05) is 53.0 Å². The summed E-state index contributed by atoms with van der Waals surface area (Å²) in [5.74, 6) is 2.41. The highest BCUT2D eigenvalue weighted by molar-refractivity contribution is 5.97. The van der Waals surface area contributed by atoms with Crippen LogP contribution in [0.1, 0.15) is 11.1 Å². The summed E-state index contributed by atoms with van der Waals surface area (Å²) in [5, 5.41) is 3.36. The van der Waals surface area contributed by atoms with Crippen LogP contribution in [-0.2, 0) is 6.42 Å². The number of nitrogens with two attached hydrogens (primary N) is 2. The van der Waals surface area contributed by atoms with Crippen molar-refractivity contribution in [1.29, 1.82) is 0 Å². The van der Waals surface area contributed by atoms with E-state index in [-0.39, 0.29) is 11.9 Å². The van der Waals surface area contributed by atoms with E-state index in [2.05, 4.69) is 26.3 Å². The molecule has 2 aliphatic rings. The monoisotopic (exact) mass is 374 g/mol. The van der Waals surface area contributed by atoms with Crippen LogP contribution in [0.2, 0.25) is 0 Å². The van der Waals surface area contributed by atoms with Crippen LogP contribution in [0, 0.1) is 12.8 Å². The summed E-state index contributed by atoms with van der Waals surface area (Å²) in [4.78, 5) is 10.7. The van der Waals surface area contributed by atoms with Gasteiger partial charge in [0, 0.05) is 38.6 Å². The molecule has 1 atom stereocenters. The number of amidine groups is 1. The topological polar surface area (TPSA) is 110 Å². The lowest BCUT2D eigenvalue weighted by Gasteiger charge is -2.27. The van der Waals surface area contributed by atoms with Gasteiger partial charge in [-0.25, -0.2) is 4.99 Å². The van der Waals surface area contributed by atoms with Crippen molar-refractivity contribution in [3.8, 4) is 11.5 Å². The van der Waals surface area contributed by atoms with E-state index in [1.807, 2.05) is 13.0 Å². The highest BCUT2D eigenvalue weighted by Gasteiger charge is 2.20. The molecule has 0 radical (unpaired) electrons. The van der Waals surface area contributed by atoms with Crippen molar-refractivity contribution in [2.24, 2.45) is 27.4 Å². The third-order valence-electron chi connectivity index (χ3n) is 5.00. The standard InChI is InChI=1S/C19H30N6O2/c1-13-9-14(10-15-12-23-19(21)24-18(15)20)11-16(26-2)17(13)27-8-7-25-5-3-22-4-6-25/h9,11,15,22H,3-8,10,12H2,1-2H3,(H4,20,21,23,24). The van der Waals surface area contributed by atoms with Crippen LogP contribution in [0.25, 0.3) is 0 Å². The fourth-order valence-electron chi connectivity index (χ4n) is 3.49. The number of benzene rings is 1. The minimum Gasteiger partial charge on any atom is -0.493 e. The van der Waals surface area contributed by atoms with Crippen molar-refractivity contribution in [3.63, 3.8) is 0 Å². The molecule has 1 aromatic carbocycles. The maximum absolute atomic E-state index is 6.07. The molecule has 27 heavy (non-hydrogen) atoms. The fourth-order valence-corrected chi connectivity index (χ4v) is 3.49. The van der Waals surface area contributed by atoms with E-state index in [0.717, 1.165) is 61.8 Å². The number of guanidine groups is 1. The molecule has 0 amide bonds. The van der Waals surface area contributed by atoms with Gasteiger partial charge in [-0.2, -0.15) is 0 Å². The summed E-state index contributed by atoms with van der Waals surface area (Å²) in [7, 11) is 1.67. The highest BCUT2D eigenvalue weighted by atomic mass is 16.5. The first-order valence-electron chi connectivity index (χ1n) is 9.44. The second-order valence-electron chi connectivity index (χ2n) is 7.02. The number of rotatable bonds is 7. The van der Waals surface area contributed by atoms with Gasteiger partial charge in [0.05, 0.1) is 13.7 Å². The van der Waals surface area contributed by atoms with E-state index in [0.29, 0.717) is 19.0 Å². The van der Waals surface area contributed by atoms with Crippen molar-refractivity contribution in [2.45, 2.75) is 13.3 Å². The largest absolute Gasteiger partial charge is 0.493 e. The predicted octanol–water partition coefficient (Wildman–Crippen LogP) is 0.132. The number of hydrogen-bond donors (Lipinski definition) is 3. The van der Waals surface area contributed by atoms with Gasteiger partial charge >= 0.3 is 0 Å². The van der Waals surface area contributed by atoms with Gasteiger partial charge in [-0.15, -0.1) is 0 Å². The maximum Gasteiger partial charge on any atom is 0.217 e. The molecule has 1 unspecified atom stereocenters. The molecule has 0 bridgehead atoms. The van der Waals surface area contributed by atoms with Crippen LogP contribution in [0.3, 0.4) is 0 Å². The van der Waals surface area contributed by atoms with Gasteiger partial charge in [0.1, 0.15) is 12.4 Å². The van der Waals surface area contributed by atoms with Crippen LogP contribution in [0.5, 0.6) is 11.5 Å². The normalized spacial score (nSPS) is 20.7. The van der Waals surface area contributed by atoms with Gasteiger partial charge in [-0.05, 0) is 30.5 Å². The number of nitrogens with one attached hydrogen (secondary N) is 1. The third kappa shape index (κ3) is 5.11. The second kappa shape index (κ2) is 9.05. The fraction of sp³-hybridized carbons (Fsp3) is 0.579. The molecule has 2 aliphatic heterocycles. The molecule has 0 aliphatic carbocycles. The Bertz CT molecular complexity index is 712. The Kier molecular flexibility index (Phi) is 6.52. The SMILES string of the molecule is COc1cc(CC2CN=C(N)N=C2N)cc(C)c1OCCN1CCNCC1. The number of aryl methyl sites for hydroxylation is 1. The van der Waals surface area contributed by atoms with Crippen molar-refractivity contribution >= 4 is 11.8 Å². The van der Waals surface area contributed by atoms with Crippen molar-refractivity contribution < 1.29 is 9.47 Å². The van der Waals surface area contributed by atoms with Gasteiger partial charge < -0.3 is 26.3 Å². The summed E-state index contributed by atoms with van der Waals surface area (Å²) >= 11 is 0. The summed E-state index contributed by atoms with van der Waals surface area (Å²) in [6.45, 7) is 8.38. The summed E-state index contributed by atoms with van der Waals surface area (Å²) in [6, 6.07) is 4.14. The average Bonchev–Trinajstić information content (AvgIpc) is 2.66. The predicted molar refractivity (Wildman–Crippen MR) is 108 cm³/mol. The molecule has 0 aromatic heterocycles. The van der Waals surface area contributed by atoms with E-state index in [1.54, 1.807) is 7.11 Å². The molecule has 8 heteroatoms. The molecule has 148 valence electrons. The molecule has 2 heterocycles. The number of nitrogens with zero attached hydrogens (tertiary/aromatic N) is 3. The lowest BCUT2D eigenvalue weighted by molar-refractivity contribution is 0.187. The van der Waals surface area contributed by atoms with Gasteiger partial charge in [0.25, 0.3) is 0 Å². The van der Waals surface area contributed by atoms with E-state index in [4.69, 9.17) is 20.9 Å². The molecule has 3 rings (SSSR count). The molecule has 1 fully saturated rings.